The van der Waals surface area contributed by atoms with Crippen molar-refractivity contribution in [3.05, 3.63) is 65.7 Å². The molecule has 0 saturated carbocycles. The molecule has 0 radical (unpaired) electrons. The van der Waals surface area contributed by atoms with Gasteiger partial charge in [0, 0.05) is 11.1 Å². The molecule has 0 bridgehead atoms. The molecule has 0 fully saturated rings. The van der Waals surface area contributed by atoms with Crippen LogP contribution in [0.3, 0.4) is 0 Å². The summed E-state index contributed by atoms with van der Waals surface area (Å²) in [5.74, 6) is -1.86. The quantitative estimate of drug-likeness (QED) is 0.446. The van der Waals surface area contributed by atoms with Crippen molar-refractivity contribution in [3.63, 3.8) is 0 Å². The molecule has 0 aliphatic rings. The molecule has 2 rings (SSSR count). The van der Waals surface area contributed by atoms with E-state index in [9.17, 15) is 19.2 Å². The Kier molecular flexibility index (Phi) is 8.18. The van der Waals surface area contributed by atoms with Gasteiger partial charge in [0.15, 0.2) is 6.61 Å². The first kappa shape index (κ1) is 21.4. The van der Waals surface area contributed by atoms with Gasteiger partial charge in [-0.25, -0.2) is 0 Å². The Balaban J connectivity index is 1.66. The normalized spacial score (nSPS) is 9.83. The second kappa shape index (κ2) is 11.1. The number of hydrogen-bond acceptors (Lipinski definition) is 6. The predicted molar refractivity (Wildman–Crippen MR) is 103 cm³/mol. The molecular weight excluding hydrogens is 378 g/mol. The zero-order valence-electron chi connectivity index (χ0n) is 15.8. The van der Waals surface area contributed by atoms with Gasteiger partial charge in [0.1, 0.15) is 12.3 Å². The monoisotopic (exact) mass is 399 g/mol. The van der Waals surface area contributed by atoms with Gasteiger partial charge >= 0.3 is 5.97 Å². The van der Waals surface area contributed by atoms with Crippen LogP contribution in [0.2, 0.25) is 0 Å². The zero-order valence-corrected chi connectivity index (χ0v) is 15.8. The van der Waals surface area contributed by atoms with E-state index in [0.717, 1.165) is 0 Å². The van der Waals surface area contributed by atoms with E-state index < -0.39 is 36.8 Å². The van der Waals surface area contributed by atoms with Gasteiger partial charge in [-0.15, -0.1) is 0 Å². The number of benzene rings is 2. The molecule has 0 unspecified atom stereocenters. The standard InChI is InChI=1S/C20H21N3O6/c1-2-28-16-10-8-15(9-11-16)19(26)21-12-18(25)29-13-17(24)22-23-20(27)14-6-4-3-5-7-14/h3-11H,2,12-13H2,1H3,(H,21,26)(H,22,24)(H,23,27). The van der Waals surface area contributed by atoms with E-state index >= 15 is 0 Å². The van der Waals surface area contributed by atoms with Gasteiger partial charge in [-0.2, -0.15) is 0 Å². The van der Waals surface area contributed by atoms with Crippen LogP contribution in [0.4, 0.5) is 0 Å². The molecule has 3 N–H and O–H groups in total. The third kappa shape index (κ3) is 7.33. The summed E-state index contributed by atoms with van der Waals surface area (Å²) in [7, 11) is 0. The Morgan fingerprint density at radius 2 is 1.48 bits per heavy atom. The third-order valence-corrected chi connectivity index (χ3v) is 3.54. The van der Waals surface area contributed by atoms with Gasteiger partial charge < -0.3 is 14.8 Å². The SMILES string of the molecule is CCOc1ccc(C(=O)NCC(=O)OCC(=O)NNC(=O)c2ccccc2)cc1. The highest BCUT2D eigenvalue weighted by atomic mass is 16.5. The van der Waals surface area contributed by atoms with Crippen molar-refractivity contribution in [2.24, 2.45) is 0 Å². The van der Waals surface area contributed by atoms with Crippen molar-refractivity contribution in [3.8, 4) is 5.75 Å². The van der Waals surface area contributed by atoms with Crippen LogP contribution in [0, 0.1) is 0 Å². The predicted octanol–water partition coefficient (Wildman–Crippen LogP) is 0.820. The summed E-state index contributed by atoms with van der Waals surface area (Å²) in [4.78, 5) is 47.0. The number of carbonyl (C=O) groups excluding carboxylic acids is 4. The molecule has 0 aliphatic heterocycles. The maximum Gasteiger partial charge on any atom is 0.325 e. The minimum atomic E-state index is -0.797. The second-order valence-corrected chi connectivity index (χ2v) is 5.67. The van der Waals surface area contributed by atoms with Crippen LogP contribution in [0.15, 0.2) is 54.6 Å². The number of hydrazine groups is 1. The van der Waals surface area contributed by atoms with Crippen LogP contribution in [-0.4, -0.2) is 43.4 Å². The number of rotatable bonds is 8. The summed E-state index contributed by atoms with van der Waals surface area (Å²) in [5.41, 5.74) is 5.04. The molecule has 0 saturated heterocycles. The lowest BCUT2D eigenvalue weighted by molar-refractivity contribution is -0.147. The molecule has 152 valence electrons. The Morgan fingerprint density at radius 3 is 2.14 bits per heavy atom. The van der Waals surface area contributed by atoms with Gasteiger partial charge in [-0.3, -0.25) is 30.0 Å². The number of esters is 1. The highest BCUT2D eigenvalue weighted by Gasteiger charge is 2.12. The van der Waals surface area contributed by atoms with Crippen molar-refractivity contribution in [2.45, 2.75) is 6.92 Å². The minimum Gasteiger partial charge on any atom is -0.494 e. The molecule has 2 aromatic rings. The average Bonchev–Trinajstić information content (AvgIpc) is 2.75. The molecule has 9 nitrogen and oxygen atoms in total. The fourth-order valence-corrected chi connectivity index (χ4v) is 2.15. The highest BCUT2D eigenvalue weighted by molar-refractivity contribution is 5.96. The van der Waals surface area contributed by atoms with E-state index in [4.69, 9.17) is 9.47 Å². The van der Waals surface area contributed by atoms with Crippen molar-refractivity contribution in [2.75, 3.05) is 19.8 Å². The van der Waals surface area contributed by atoms with Crippen molar-refractivity contribution >= 4 is 23.7 Å². The summed E-state index contributed by atoms with van der Waals surface area (Å²) in [5, 5.41) is 2.39. The largest absolute Gasteiger partial charge is 0.494 e. The van der Waals surface area contributed by atoms with E-state index in [1.807, 2.05) is 6.92 Å². The zero-order chi connectivity index (χ0) is 21.1. The lowest BCUT2D eigenvalue weighted by atomic mass is 10.2. The number of carbonyl (C=O) groups is 4. The van der Waals surface area contributed by atoms with Crippen LogP contribution in [0.1, 0.15) is 27.6 Å². The first-order valence-electron chi connectivity index (χ1n) is 8.80. The maximum absolute atomic E-state index is 12.0. The molecule has 29 heavy (non-hydrogen) atoms. The second-order valence-electron chi connectivity index (χ2n) is 5.67. The smallest absolute Gasteiger partial charge is 0.325 e. The first-order valence-corrected chi connectivity index (χ1v) is 8.80. The Labute approximate surface area is 167 Å². The van der Waals surface area contributed by atoms with Gasteiger partial charge in [0.2, 0.25) is 0 Å². The lowest BCUT2D eigenvalue weighted by Gasteiger charge is -2.09. The third-order valence-electron chi connectivity index (χ3n) is 3.54. The fourth-order valence-electron chi connectivity index (χ4n) is 2.15. The number of nitrogens with one attached hydrogen (secondary N) is 3. The first-order chi connectivity index (χ1) is 14.0. The summed E-state index contributed by atoms with van der Waals surface area (Å²) in [6.45, 7) is 1.35. The summed E-state index contributed by atoms with van der Waals surface area (Å²) in [6, 6.07) is 14.7. The van der Waals surface area contributed by atoms with Crippen molar-refractivity contribution in [1.29, 1.82) is 0 Å². The van der Waals surface area contributed by atoms with E-state index in [1.54, 1.807) is 54.6 Å². The number of ether oxygens (including phenoxy) is 2. The van der Waals surface area contributed by atoms with Crippen LogP contribution in [-0.2, 0) is 14.3 Å². The molecule has 9 heteroatoms. The molecule has 0 heterocycles. The lowest BCUT2D eigenvalue weighted by Crippen LogP contribution is -2.44. The number of amides is 3. The molecule has 0 aromatic heterocycles. The Morgan fingerprint density at radius 1 is 0.828 bits per heavy atom. The van der Waals surface area contributed by atoms with E-state index in [1.165, 1.54) is 0 Å². The van der Waals surface area contributed by atoms with E-state index in [0.29, 0.717) is 23.5 Å². The average molecular weight is 399 g/mol. The summed E-state index contributed by atoms with van der Waals surface area (Å²) >= 11 is 0. The van der Waals surface area contributed by atoms with Gasteiger partial charge in [0.25, 0.3) is 17.7 Å². The molecule has 2 aromatic carbocycles. The van der Waals surface area contributed by atoms with Crippen LogP contribution < -0.4 is 20.9 Å². The minimum absolute atomic E-state index is 0.350. The van der Waals surface area contributed by atoms with Crippen molar-refractivity contribution in [1.82, 2.24) is 16.2 Å². The van der Waals surface area contributed by atoms with Crippen LogP contribution in [0.25, 0.3) is 0 Å². The fraction of sp³-hybridized carbons (Fsp3) is 0.200. The molecule has 3 amide bonds. The van der Waals surface area contributed by atoms with Gasteiger partial charge in [0.05, 0.1) is 6.61 Å². The molecule has 0 spiro atoms. The molecular formula is C20H21N3O6. The van der Waals surface area contributed by atoms with Crippen molar-refractivity contribution < 1.29 is 28.7 Å². The topological polar surface area (TPSA) is 123 Å². The van der Waals surface area contributed by atoms with Crippen LogP contribution >= 0.6 is 0 Å². The summed E-state index contributed by atoms with van der Waals surface area (Å²) in [6.07, 6.45) is 0. The Bertz CT molecular complexity index is 852. The maximum atomic E-state index is 12.0. The Hall–Kier alpha value is -3.88. The van der Waals surface area contributed by atoms with Gasteiger partial charge in [-0.05, 0) is 43.3 Å². The highest BCUT2D eigenvalue weighted by Crippen LogP contribution is 2.11. The summed E-state index contributed by atoms with van der Waals surface area (Å²) < 4.78 is 10.0. The molecule has 0 atom stereocenters. The molecule has 0 aliphatic carbocycles. The van der Waals surface area contributed by atoms with E-state index in [-0.39, 0.29) is 0 Å². The number of hydrogen-bond donors (Lipinski definition) is 3. The van der Waals surface area contributed by atoms with Crippen LogP contribution in [0.5, 0.6) is 5.75 Å². The van der Waals surface area contributed by atoms with Gasteiger partial charge in [-0.1, -0.05) is 18.2 Å². The van der Waals surface area contributed by atoms with E-state index in [2.05, 4.69) is 16.2 Å².